The van der Waals surface area contributed by atoms with E-state index in [1.807, 2.05) is 0 Å². The van der Waals surface area contributed by atoms with Crippen molar-refractivity contribution in [1.29, 1.82) is 0 Å². The van der Waals surface area contributed by atoms with E-state index < -0.39 is 17.8 Å². The van der Waals surface area contributed by atoms with E-state index in [9.17, 15) is 14.7 Å². The predicted molar refractivity (Wildman–Crippen MR) is 112 cm³/mol. The number of ether oxygens (including phenoxy) is 1. The van der Waals surface area contributed by atoms with Crippen molar-refractivity contribution < 1.29 is 19.4 Å². The fraction of sp³-hybridized carbons (Fsp3) is 0.917. The monoisotopic (exact) mass is 394 g/mol. The van der Waals surface area contributed by atoms with Gasteiger partial charge in [-0.25, -0.2) is 0 Å². The van der Waals surface area contributed by atoms with Gasteiger partial charge in [0.25, 0.3) is 0 Å². The van der Waals surface area contributed by atoms with Crippen molar-refractivity contribution in [3.63, 3.8) is 0 Å². The van der Waals surface area contributed by atoms with Gasteiger partial charge in [-0.3, -0.25) is 9.59 Å². The fourth-order valence-electron chi connectivity index (χ4n) is 5.13. The Hall–Kier alpha value is -1.06. The van der Waals surface area contributed by atoms with E-state index in [1.54, 1.807) is 0 Å². The Morgan fingerprint density at radius 1 is 1.04 bits per heavy atom. The van der Waals surface area contributed by atoms with Gasteiger partial charge in [0, 0.05) is 0 Å². The van der Waals surface area contributed by atoms with Gasteiger partial charge < -0.3 is 9.84 Å². The predicted octanol–water partition coefficient (Wildman–Crippen LogP) is 6.08. The highest BCUT2D eigenvalue weighted by molar-refractivity contribution is 5.81. The summed E-state index contributed by atoms with van der Waals surface area (Å²) in [6.07, 6.45) is 9.91. The second-order valence-electron chi connectivity index (χ2n) is 10.4. The number of carboxylic acids is 1. The fourth-order valence-corrected chi connectivity index (χ4v) is 5.13. The second kappa shape index (κ2) is 10.1. The van der Waals surface area contributed by atoms with Crippen molar-refractivity contribution in [2.75, 3.05) is 0 Å². The van der Waals surface area contributed by atoms with Crippen LogP contribution in [0.25, 0.3) is 0 Å². The first-order chi connectivity index (χ1) is 13.2. The lowest BCUT2D eigenvalue weighted by Crippen LogP contribution is -2.40. The third-order valence-corrected chi connectivity index (χ3v) is 7.71. The Morgan fingerprint density at radius 2 is 1.68 bits per heavy atom. The van der Waals surface area contributed by atoms with Crippen LogP contribution in [0.5, 0.6) is 0 Å². The minimum absolute atomic E-state index is 0.0750. The summed E-state index contributed by atoms with van der Waals surface area (Å²) in [6, 6.07) is 0. The number of rotatable bonds is 8. The van der Waals surface area contributed by atoms with Gasteiger partial charge in [0.1, 0.15) is 6.10 Å². The van der Waals surface area contributed by atoms with Gasteiger partial charge >= 0.3 is 11.9 Å². The number of hydrogen-bond acceptors (Lipinski definition) is 3. The summed E-state index contributed by atoms with van der Waals surface area (Å²) in [7, 11) is 0. The molecule has 4 unspecified atom stereocenters. The zero-order valence-electron chi connectivity index (χ0n) is 18.7. The van der Waals surface area contributed by atoms with Crippen LogP contribution < -0.4 is 0 Å². The maximum atomic E-state index is 13.1. The highest BCUT2D eigenvalue weighted by Crippen LogP contribution is 2.40. The summed E-state index contributed by atoms with van der Waals surface area (Å²) in [5.74, 6) is -0.577. The molecule has 0 aliphatic heterocycles. The maximum absolute atomic E-state index is 13.1. The van der Waals surface area contributed by atoms with Gasteiger partial charge in [-0.15, -0.1) is 0 Å². The molecule has 0 saturated heterocycles. The highest BCUT2D eigenvalue weighted by Gasteiger charge is 2.41. The molecule has 0 bridgehead atoms. The minimum atomic E-state index is -0.845. The molecule has 2 fully saturated rings. The molecule has 28 heavy (non-hydrogen) atoms. The molecule has 0 aromatic carbocycles. The molecule has 2 aliphatic rings. The topological polar surface area (TPSA) is 63.6 Å². The summed E-state index contributed by atoms with van der Waals surface area (Å²) in [5.41, 5.74) is 0.125. The Morgan fingerprint density at radius 3 is 2.21 bits per heavy atom. The molecule has 0 spiro atoms. The number of aliphatic carboxylic acids is 1. The van der Waals surface area contributed by atoms with Crippen LogP contribution in [0.15, 0.2) is 0 Å². The summed E-state index contributed by atoms with van der Waals surface area (Å²) < 4.78 is 6.15. The van der Waals surface area contributed by atoms with Gasteiger partial charge in [0.15, 0.2) is 0 Å². The molecule has 2 rings (SSSR count). The van der Waals surface area contributed by atoms with Crippen molar-refractivity contribution in [2.45, 2.75) is 105 Å². The number of carboxylic acid groups (broad SMARTS) is 1. The molecule has 2 aliphatic carbocycles. The zero-order chi connectivity index (χ0) is 20.9. The molecule has 0 aromatic heterocycles. The molecular weight excluding hydrogens is 352 g/mol. The Balaban J connectivity index is 2.10. The largest absolute Gasteiger partial charge is 0.481 e. The Kier molecular flexibility index (Phi) is 8.39. The first kappa shape index (κ1) is 23.2. The second-order valence-corrected chi connectivity index (χ2v) is 10.4. The van der Waals surface area contributed by atoms with Crippen molar-refractivity contribution in [3.8, 4) is 0 Å². The van der Waals surface area contributed by atoms with Gasteiger partial charge in [-0.1, -0.05) is 60.3 Å². The molecule has 1 N–H and O–H groups in total. The van der Waals surface area contributed by atoms with Crippen LogP contribution in [-0.4, -0.2) is 23.1 Å². The molecule has 0 amide bonds. The molecule has 0 radical (unpaired) electrons. The van der Waals surface area contributed by atoms with Crippen LogP contribution in [-0.2, 0) is 14.3 Å². The SMILES string of the molecule is CCC1CCC(C(CC(C)(C)CC)OC(=O)C2CCC(C)CC2C(=O)O)CC1. The van der Waals surface area contributed by atoms with E-state index in [4.69, 9.17) is 4.74 Å². The molecule has 162 valence electrons. The number of esters is 1. The van der Waals surface area contributed by atoms with Crippen LogP contribution in [0.4, 0.5) is 0 Å². The lowest BCUT2D eigenvalue weighted by atomic mass is 9.73. The third-order valence-electron chi connectivity index (χ3n) is 7.71. The quantitative estimate of drug-likeness (QED) is 0.507. The van der Waals surface area contributed by atoms with Gasteiger partial charge in [-0.05, 0) is 61.7 Å². The van der Waals surface area contributed by atoms with E-state index in [1.165, 1.54) is 19.3 Å². The molecule has 4 atom stereocenters. The van der Waals surface area contributed by atoms with Gasteiger partial charge in [0.05, 0.1) is 11.8 Å². The summed E-state index contributed by atoms with van der Waals surface area (Å²) in [4.78, 5) is 24.8. The third kappa shape index (κ3) is 6.22. The standard InChI is InChI=1S/C24H42O4/c1-6-17-9-11-18(12-10-17)21(15-24(4,5)7-2)28-23(27)19-13-8-16(3)14-20(19)22(25)26/h16-21H,6-15H2,1-5H3,(H,25,26). The van der Waals surface area contributed by atoms with Crippen LogP contribution in [0.1, 0.15) is 98.8 Å². The smallest absolute Gasteiger partial charge is 0.310 e. The maximum Gasteiger partial charge on any atom is 0.310 e. The van der Waals surface area contributed by atoms with Crippen molar-refractivity contribution in [1.82, 2.24) is 0 Å². The minimum Gasteiger partial charge on any atom is -0.481 e. The number of carbonyl (C=O) groups is 2. The normalized spacial score (nSPS) is 32.5. The molecule has 0 heterocycles. The van der Waals surface area contributed by atoms with Crippen molar-refractivity contribution in [3.05, 3.63) is 0 Å². The lowest BCUT2D eigenvalue weighted by molar-refractivity contribution is -0.168. The Bertz CT molecular complexity index is 519. The Labute approximate surface area is 171 Å². The first-order valence-electron chi connectivity index (χ1n) is 11.6. The molecule has 4 heteroatoms. The van der Waals surface area contributed by atoms with Gasteiger partial charge in [-0.2, -0.15) is 0 Å². The van der Waals surface area contributed by atoms with E-state index in [0.29, 0.717) is 24.7 Å². The average molecular weight is 395 g/mol. The summed E-state index contributed by atoms with van der Waals surface area (Å²) in [6.45, 7) is 11.0. The van der Waals surface area contributed by atoms with E-state index in [-0.39, 0.29) is 17.5 Å². The van der Waals surface area contributed by atoms with E-state index in [0.717, 1.165) is 38.0 Å². The van der Waals surface area contributed by atoms with Crippen LogP contribution in [0, 0.1) is 35.0 Å². The van der Waals surface area contributed by atoms with Gasteiger partial charge in [0.2, 0.25) is 0 Å². The average Bonchev–Trinajstić information content (AvgIpc) is 2.67. The molecule has 0 aromatic rings. The lowest BCUT2D eigenvalue weighted by Gasteiger charge is -2.38. The van der Waals surface area contributed by atoms with Crippen molar-refractivity contribution >= 4 is 11.9 Å². The zero-order valence-corrected chi connectivity index (χ0v) is 18.7. The number of hydrogen-bond donors (Lipinski definition) is 1. The molecule has 4 nitrogen and oxygen atoms in total. The van der Waals surface area contributed by atoms with Crippen molar-refractivity contribution in [2.24, 2.45) is 35.0 Å². The van der Waals surface area contributed by atoms with Crippen LogP contribution in [0.2, 0.25) is 0 Å². The van der Waals surface area contributed by atoms with E-state index in [2.05, 4.69) is 34.6 Å². The molecule has 2 saturated carbocycles. The summed E-state index contributed by atoms with van der Waals surface area (Å²) in [5, 5.41) is 9.63. The van der Waals surface area contributed by atoms with E-state index >= 15 is 0 Å². The highest BCUT2D eigenvalue weighted by atomic mass is 16.5. The van der Waals surface area contributed by atoms with Crippen LogP contribution >= 0.6 is 0 Å². The summed E-state index contributed by atoms with van der Waals surface area (Å²) >= 11 is 0. The van der Waals surface area contributed by atoms with Crippen LogP contribution in [0.3, 0.4) is 0 Å². The first-order valence-corrected chi connectivity index (χ1v) is 11.6. The molecular formula is C24H42O4. The number of carbonyl (C=O) groups excluding carboxylic acids is 1.